The summed E-state index contributed by atoms with van der Waals surface area (Å²) in [5.41, 5.74) is 11.9. The first kappa shape index (κ1) is 27.7. The van der Waals surface area contributed by atoms with E-state index in [1.165, 1.54) is 84.3 Å². The van der Waals surface area contributed by atoms with Crippen LogP contribution in [0, 0.1) is 0 Å². The summed E-state index contributed by atoms with van der Waals surface area (Å²) in [6.45, 7) is 14.9. The molecule has 0 unspecified atom stereocenters. The highest BCUT2D eigenvalue weighted by Gasteiger charge is 2.41. The lowest BCUT2D eigenvalue weighted by Gasteiger charge is -2.45. The molecule has 2 heteroatoms. The van der Waals surface area contributed by atoms with Gasteiger partial charge in [-0.25, -0.2) is 0 Å². The molecule has 2 aliphatic carbocycles. The van der Waals surface area contributed by atoms with E-state index in [9.17, 15) is 0 Å². The van der Waals surface area contributed by atoms with Crippen LogP contribution in [0.3, 0.4) is 0 Å². The summed E-state index contributed by atoms with van der Waals surface area (Å²) in [5.74, 6) is 0.630. The number of hydrogen-bond donors (Lipinski definition) is 0. The van der Waals surface area contributed by atoms with Crippen molar-refractivity contribution in [1.29, 1.82) is 0 Å². The molecule has 1 aliphatic heterocycles. The maximum atomic E-state index is 2.68. The zero-order chi connectivity index (χ0) is 29.3. The summed E-state index contributed by atoms with van der Waals surface area (Å²) >= 11 is 0. The molecule has 216 valence electrons. The first-order chi connectivity index (χ1) is 20.1. The van der Waals surface area contributed by atoms with E-state index in [-0.39, 0.29) is 10.8 Å². The van der Waals surface area contributed by atoms with Gasteiger partial charge in [0.05, 0.1) is 5.69 Å². The standard InChI is InChI=1S/C40H47NSi/c1-39(2)25-26-40(3,4)38-33(39)19-14-21-35(38)41(34-20-12-10-17-30(34)28-15-8-7-9-16-28)29-23-24-32-31-18-11-13-22-36(31)42(5,6)37(32)27-29/h10-14,17-24,27-28H,7-9,15-16,25-26H2,1-6H3. The van der Waals surface area contributed by atoms with Crippen molar-refractivity contribution in [2.24, 2.45) is 0 Å². The van der Waals surface area contributed by atoms with Gasteiger partial charge >= 0.3 is 0 Å². The molecule has 4 aromatic rings. The molecule has 0 N–H and O–H groups in total. The molecule has 0 spiro atoms. The Labute approximate surface area is 255 Å². The van der Waals surface area contributed by atoms with Crippen LogP contribution in [-0.4, -0.2) is 8.07 Å². The molecule has 1 nitrogen and oxygen atoms in total. The molecular formula is C40H47NSi. The average molecular weight is 570 g/mol. The molecule has 1 fully saturated rings. The fraction of sp³-hybridized carbons (Fsp3) is 0.400. The van der Waals surface area contributed by atoms with Crippen LogP contribution < -0.4 is 15.3 Å². The van der Waals surface area contributed by atoms with Gasteiger partial charge in [0, 0.05) is 11.4 Å². The number of para-hydroxylation sites is 1. The summed E-state index contributed by atoms with van der Waals surface area (Å²) in [6, 6.07) is 33.1. The van der Waals surface area contributed by atoms with Gasteiger partial charge in [-0.1, -0.05) is 121 Å². The van der Waals surface area contributed by atoms with Gasteiger partial charge in [-0.3, -0.25) is 0 Å². The normalized spacial score (nSPS) is 20.0. The van der Waals surface area contributed by atoms with Gasteiger partial charge in [0.25, 0.3) is 0 Å². The Bertz CT molecular complexity index is 1650. The first-order valence-electron chi connectivity index (χ1n) is 16.4. The summed E-state index contributed by atoms with van der Waals surface area (Å²) in [6.07, 6.45) is 9.11. The SMILES string of the molecule is CC1(C)CCC(C)(C)c2c(N(c3ccc4c(c3)[Si](C)(C)c3ccccc3-4)c3ccccc3C3CCCCC3)cccc21. The van der Waals surface area contributed by atoms with Crippen molar-refractivity contribution in [1.82, 2.24) is 0 Å². The highest BCUT2D eigenvalue weighted by molar-refractivity contribution is 7.03. The summed E-state index contributed by atoms with van der Waals surface area (Å²) in [7, 11) is -1.81. The van der Waals surface area contributed by atoms with Crippen LogP contribution in [0.4, 0.5) is 17.1 Å². The third-order valence-corrected chi connectivity index (χ3v) is 14.7. The average Bonchev–Trinajstić information content (AvgIpc) is 3.22. The molecule has 0 amide bonds. The minimum absolute atomic E-state index is 0.112. The first-order valence-corrected chi connectivity index (χ1v) is 19.4. The minimum atomic E-state index is -1.81. The van der Waals surface area contributed by atoms with Crippen molar-refractivity contribution >= 4 is 35.5 Å². The Morgan fingerprint density at radius 1 is 0.643 bits per heavy atom. The lowest BCUT2D eigenvalue weighted by atomic mass is 9.62. The van der Waals surface area contributed by atoms with Crippen LogP contribution in [0.1, 0.15) is 95.2 Å². The van der Waals surface area contributed by atoms with E-state index in [0.717, 1.165) is 0 Å². The van der Waals surface area contributed by atoms with Gasteiger partial charge in [-0.2, -0.15) is 0 Å². The number of anilines is 3. The second kappa shape index (κ2) is 9.98. The molecule has 4 aromatic carbocycles. The highest BCUT2D eigenvalue weighted by Crippen LogP contribution is 2.53. The van der Waals surface area contributed by atoms with Crippen molar-refractivity contribution in [2.45, 2.75) is 102 Å². The predicted molar refractivity (Wildman–Crippen MR) is 184 cm³/mol. The largest absolute Gasteiger partial charge is 0.310 e. The minimum Gasteiger partial charge on any atom is -0.310 e. The van der Waals surface area contributed by atoms with Crippen LogP contribution in [0.5, 0.6) is 0 Å². The number of benzene rings is 4. The number of rotatable bonds is 4. The highest BCUT2D eigenvalue weighted by atomic mass is 28.3. The lowest BCUT2D eigenvalue weighted by molar-refractivity contribution is 0.332. The lowest BCUT2D eigenvalue weighted by Crippen LogP contribution is -2.49. The fourth-order valence-corrected chi connectivity index (χ4v) is 11.7. The fourth-order valence-electron chi connectivity index (χ4n) is 8.58. The van der Waals surface area contributed by atoms with Gasteiger partial charge in [-0.05, 0) is 105 Å². The molecule has 1 saturated carbocycles. The number of nitrogens with zero attached hydrogens (tertiary/aromatic N) is 1. The monoisotopic (exact) mass is 569 g/mol. The van der Waals surface area contributed by atoms with Gasteiger partial charge < -0.3 is 4.90 Å². The molecule has 0 radical (unpaired) electrons. The maximum absolute atomic E-state index is 2.68. The van der Waals surface area contributed by atoms with Crippen molar-refractivity contribution in [3.8, 4) is 11.1 Å². The Morgan fingerprint density at radius 2 is 1.31 bits per heavy atom. The van der Waals surface area contributed by atoms with Crippen LogP contribution in [0.25, 0.3) is 11.1 Å². The van der Waals surface area contributed by atoms with E-state index in [2.05, 4.69) is 131 Å². The van der Waals surface area contributed by atoms with E-state index in [1.54, 1.807) is 15.9 Å². The van der Waals surface area contributed by atoms with Crippen LogP contribution in [0.2, 0.25) is 13.1 Å². The molecule has 7 rings (SSSR count). The molecule has 42 heavy (non-hydrogen) atoms. The Balaban J connectivity index is 1.49. The maximum Gasteiger partial charge on any atom is 0.113 e. The van der Waals surface area contributed by atoms with E-state index in [1.807, 2.05) is 0 Å². The van der Waals surface area contributed by atoms with Crippen molar-refractivity contribution in [3.63, 3.8) is 0 Å². The molecular weight excluding hydrogens is 523 g/mol. The van der Waals surface area contributed by atoms with E-state index >= 15 is 0 Å². The van der Waals surface area contributed by atoms with Crippen molar-refractivity contribution in [2.75, 3.05) is 4.90 Å². The number of fused-ring (bicyclic) bond motifs is 4. The van der Waals surface area contributed by atoms with Crippen LogP contribution in [0.15, 0.2) is 84.9 Å². The van der Waals surface area contributed by atoms with Gasteiger partial charge in [0.15, 0.2) is 0 Å². The van der Waals surface area contributed by atoms with Gasteiger partial charge in [-0.15, -0.1) is 0 Å². The molecule has 0 saturated heterocycles. The van der Waals surface area contributed by atoms with Crippen LogP contribution >= 0.6 is 0 Å². The Morgan fingerprint density at radius 3 is 2.12 bits per heavy atom. The second-order valence-electron chi connectivity index (χ2n) is 15.1. The van der Waals surface area contributed by atoms with Crippen LogP contribution in [-0.2, 0) is 10.8 Å². The van der Waals surface area contributed by atoms with Crippen molar-refractivity contribution in [3.05, 3.63) is 102 Å². The zero-order valence-corrected chi connectivity index (χ0v) is 27.6. The Hall–Kier alpha value is -3.10. The molecule has 0 bridgehead atoms. The predicted octanol–water partition coefficient (Wildman–Crippen LogP) is 10.4. The van der Waals surface area contributed by atoms with E-state index in [4.69, 9.17) is 0 Å². The summed E-state index contributed by atoms with van der Waals surface area (Å²) in [5, 5.41) is 3.15. The van der Waals surface area contributed by atoms with Gasteiger partial charge in [0.1, 0.15) is 8.07 Å². The third kappa shape index (κ3) is 4.32. The second-order valence-corrected chi connectivity index (χ2v) is 19.4. The van der Waals surface area contributed by atoms with E-state index in [0.29, 0.717) is 5.92 Å². The van der Waals surface area contributed by atoms with Gasteiger partial charge in [0.2, 0.25) is 0 Å². The molecule has 0 atom stereocenters. The molecule has 0 aromatic heterocycles. The summed E-state index contributed by atoms with van der Waals surface area (Å²) in [4.78, 5) is 2.68. The molecule has 1 heterocycles. The topological polar surface area (TPSA) is 3.24 Å². The smallest absolute Gasteiger partial charge is 0.113 e. The number of hydrogen-bond acceptors (Lipinski definition) is 1. The zero-order valence-electron chi connectivity index (χ0n) is 26.6. The Kier molecular flexibility index (Phi) is 6.59. The molecule has 3 aliphatic rings. The summed E-state index contributed by atoms with van der Waals surface area (Å²) < 4.78 is 0. The quantitative estimate of drug-likeness (QED) is 0.221. The van der Waals surface area contributed by atoms with Crippen molar-refractivity contribution < 1.29 is 0 Å². The third-order valence-electron chi connectivity index (χ3n) is 11.1. The van der Waals surface area contributed by atoms with E-state index < -0.39 is 8.07 Å².